The van der Waals surface area contributed by atoms with Crippen molar-refractivity contribution < 1.29 is 14.6 Å². The number of hydrogen-bond acceptors (Lipinski definition) is 4. The number of aryl methyl sites for hydroxylation is 1. The molecule has 0 amide bonds. The molecule has 0 aliphatic rings. The molecule has 0 saturated heterocycles. The highest BCUT2D eigenvalue weighted by molar-refractivity contribution is 5.73. The normalized spacial score (nSPS) is 10.3. The molecule has 5 nitrogen and oxygen atoms in total. The van der Waals surface area contributed by atoms with Crippen LogP contribution in [-0.2, 0) is 0 Å². The van der Waals surface area contributed by atoms with E-state index in [0.717, 1.165) is 5.69 Å². The topological polar surface area (TPSA) is 67.4 Å². The van der Waals surface area contributed by atoms with Gasteiger partial charge in [-0.25, -0.2) is 4.98 Å². The lowest BCUT2D eigenvalue weighted by Crippen LogP contribution is -1.92. The summed E-state index contributed by atoms with van der Waals surface area (Å²) in [5.74, 6) is 1.68. The van der Waals surface area contributed by atoms with Gasteiger partial charge >= 0.3 is 0 Å². The Morgan fingerprint density at radius 1 is 1.24 bits per heavy atom. The fraction of sp³-hybridized carbons (Fsp3) is 0.250. The Balaban J connectivity index is 2.60. The average molecular weight is 234 g/mol. The molecule has 1 aromatic heterocycles. The number of aromatic amines is 1. The van der Waals surface area contributed by atoms with Crippen LogP contribution in [0.1, 0.15) is 5.69 Å². The van der Waals surface area contributed by atoms with Crippen LogP contribution in [-0.4, -0.2) is 29.3 Å². The Morgan fingerprint density at radius 3 is 2.53 bits per heavy atom. The first-order valence-electron chi connectivity index (χ1n) is 5.13. The molecular formula is C12H14N2O3. The Morgan fingerprint density at radius 2 is 2.00 bits per heavy atom. The van der Waals surface area contributed by atoms with Gasteiger partial charge in [-0.1, -0.05) is 0 Å². The molecule has 0 aliphatic carbocycles. The highest BCUT2D eigenvalue weighted by Gasteiger charge is 2.16. The number of phenols is 1. The van der Waals surface area contributed by atoms with Crippen molar-refractivity contribution in [3.05, 3.63) is 24.0 Å². The molecule has 2 aromatic rings. The first-order valence-corrected chi connectivity index (χ1v) is 5.13. The number of nitrogens with one attached hydrogen (secondary N) is 1. The van der Waals surface area contributed by atoms with Gasteiger partial charge in [0.1, 0.15) is 28.6 Å². The van der Waals surface area contributed by atoms with Crippen LogP contribution in [0.15, 0.2) is 18.3 Å². The van der Waals surface area contributed by atoms with E-state index in [-0.39, 0.29) is 5.75 Å². The summed E-state index contributed by atoms with van der Waals surface area (Å²) in [6.07, 6.45) is 1.76. The van der Waals surface area contributed by atoms with Crippen LogP contribution in [0.5, 0.6) is 17.2 Å². The standard InChI is InChI=1S/C12H14N2O3/c1-7-6-13-12(14-7)11-9(15)4-8(16-2)5-10(11)17-3/h4-6,15H,1-3H3,(H,13,14). The van der Waals surface area contributed by atoms with Crippen LogP contribution < -0.4 is 9.47 Å². The van der Waals surface area contributed by atoms with Gasteiger partial charge in [-0.05, 0) is 6.92 Å². The van der Waals surface area contributed by atoms with Crippen LogP contribution in [0.3, 0.4) is 0 Å². The fourth-order valence-corrected chi connectivity index (χ4v) is 1.63. The zero-order valence-electron chi connectivity index (χ0n) is 9.94. The molecular weight excluding hydrogens is 220 g/mol. The van der Waals surface area contributed by atoms with E-state index >= 15 is 0 Å². The minimum atomic E-state index is 0.0653. The van der Waals surface area contributed by atoms with E-state index in [1.54, 1.807) is 12.3 Å². The monoisotopic (exact) mass is 234 g/mol. The van der Waals surface area contributed by atoms with Gasteiger partial charge in [-0.15, -0.1) is 0 Å². The van der Waals surface area contributed by atoms with Crippen LogP contribution in [0.2, 0.25) is 0 Å². The van der Waals surface area contributed by atoms with Crippen molar-refractivity contribution in [2.75, 3.05) is 14.2 Å². The average Bonchev–Trinajstić information content (AvgIpc) is 2.74. The lowest BCUT2D eigenvalue weighted by molar-refractivity contribution is 0.386. The first kappa shape index (κ1) is 11.3. The Labute approximate surface area is 99.0 Å². The fourth-order valence-electron chi connectivity index (χ4n) is 1.63. The van der Waals surface area contributed by atoms with E-state index < -0.39 is 0 Å². The molecule has 2 rings (SSSR count). The number of nitrogens with zero attached hydrogens (tertiary/aromatic N) is 1. The number of H-pyrrole nitrogens is 1. The van der Waals surface area contributed by atoms with Crippen LogP contribution in [0.4, 0.5) is 0 Å². The molecule has 0 saturated carbocycles. The van der Waals surface area contributed by atoms with Crippen molar-refractivity contribution in [1.82, 2.24) is 9.97 Å². The van der Waals surface area contributed by atoms with Gasteiger partial charge in [0, 0.05) is 18.3 Å². The third-order valence-electron chi connectivity index (χ3n) is 2.45. The Bertz CT molecular complexity index is 535. The maximum atomic E-state index is 9.98. The quantitative estimate of drug-likeness (QED) is 0.853. The molecule has 0 atom stereocenters. The van der Waals surface area contributed by atoms with Gasteiger partial charge in [0.25, 0.3) is 0 Å². The van der Waals surface area contributed by atoms with Crippen molar-refractivity contribution in [2.24, 2.45) is 0 Å². The third-order valence-corrected chi connectivity index (χ3v) is 2.45. The van der Waals surface area contributed by atoms with E-state index in [9.17, 15) is 5.11 Å². The predicted octanol–water partition coefficient (Wildman–Crippen LogP) is 2.11. The summed E-state index contributed by atoms with van der Waals surface area (Å²) in [5, 5.41) is 9.98. The van der Waals surface area contributed by atoms with Gasteiger partial charge in [0.2, 0.25) is 0 Å². The highest BCUT2D eigenvalue weighted by Crippen LogP contribution is 2.39. The summed E-state index contributed by atoms with van der Waals surface area (Å²) in [6, 6.07) is 3.22. The summed E-state index contributed by atoms with van der Waals surface area (Å²) in [7, 11) is 3.07. The molecule has 0 fully saturated rings. The maximum Gasteiger partial charge on any atom is 0.145 e. The number of phenolic OH excluding ortho intramolecular Hbond substituents is 1. The number of imidazole rings is 1. The maximum absolute atomic E-state index is 9.98. The van der Waals surface area contributed by atoms with E-state index in [0.29, 0.717) is 22.9 Å². The Hall–Kier alpha value is -2.17. The number of benzene rings is 1. The van der Waals surface area contributed by atoms with Gasteiger partial charge in [0.05, 0.1) is 19.9 Å². The molecule has 2 N–H and O–H groups in total. The minimum Gasteiger partial charge on any atom is -0.507 e. The predicted molar refractivity (Wildman–Crippen MR) is 63.5 cm³/mol. The second-order valence-electron chi connectivity index (χ2n) is 3.61. The van der Waals surface area contributed by atoms with E-state index in [1.807, 2.05) is 6.92 Å². The van der Waals surface area contributed by atoms with Crippen LogP contribution in [0.25, 0.3) is 11.4 Å². The molecule has 1 heterocycles. The molecule has 1 aromatic carbocycles. The SMILES string of the molecule is COc1cc(O)c(-c2nc(C)c[nH]2)c(OC)c1. The van der Waals surface area contributed by atoms with E-state index in [4.69, 9.17) is 9.47 Å². The zero-order chi connectivity index (χ0) is 12.4. The van der Waals surface area contributed by atoms with Crippen LogP contribution >= 0.6 is 0 Å². The summed E-state index contributed by atoms with van der Waals surface area (Å²) in [6.45, 7) is 1.87. The minimum absolute atomic E-state index is 0.0653. The summed E-state index contributed by atoms with van der Waals surface area (Å²) >= 11 is 0. The number of rotatable bonds is 3. The molecule has 0 aliphatic heterocycles. The number of aromatic hydroxyl groups is 1. The number of methoxy groups -OCH3 is 2. The lowest BCUT2D eigenvalue weighted by atomic mass is 10.1. The van der Waals surface area contributed by atoms with Gasteiger partial charge in [0.15, 0.2) is 0 Å². The number of ether oxygens (including phenoxy) is 2. The molecule has 5 heteroatoms. The largest absolute Gasteiger partial charge is 0.507 e. The second-order valence-corrected chi connectivity index (χ2v) is 3.61. The summed E-state index contributed by atoms with van der Waals surface area (Å²) < 4.78 is 10.3. The molecule has 0 spiro atoms. The number of aromatic nitrogens is 2. The summed E-state index contributed by atoms with van der Waals surface area (Å²) in [4.78, 5) is 7.25. The van der Waals surface area contributed by atoms with Crippen LogP contribution in [0, 0.1) is 6.92 Å². The third kappa shape index (κ3) is 2.04. The highest BCUT2D eigenvalue weighted by atomic mass is 16.5. The molecule has 90 valence electrons. The Kier molecular flexibility index (Phi) is 2.91. The summed E-state index contributed by atoms with van der Waals surface area (Å²) in [5.41, 5.74) is 1.37. The molecule has 0 radical (unpaired) electrons. The van der Waals surface area contributed by atoms with Gasteiger partial charge in [-0.2, -0.15) is 0 Å². The van der Waals surface area contributed by atoms with Crippen molar-refractivity contribution in [2.45, 2.75) is 6.92 Å². The van der Waals surface area contributed by atoms with Gasteiger partial charge in [-0.3, -0.25) is 0 Å². The second kappa shape index (κ2) is 4.37. The van der Waals surface area contributed by atoms with E-state index in [1.165, 1.54) is 20.3 Å². The number of hydrogen-bond donors (Lipinski definition) is 2. The van der Waals surface area contributed by atoms with Gasteiger partial charge < -0.3 is 19.6 Å². The molecule has 0 bridgehead atoms. The van der Waals surface area contributed by atoms with E-state index in [2.05, 4.69) is 9.97 Å². The molecule has 17 heavy (non-hydrogen) atoms. The van der Waals surface area contributed by atoms with Crippen molar-refractivity contribution >= 4 is 0 Å². The molecule has 0 unspecified atom stereocenters. The van der Waals surface area contributed by atoms with Crippen molar-refractivity contribution in [3.63, 3.8) is 0 Å². The smallest absolute Gasteiger partial charge is 0.145 e. The zero-order valence-corrected chi connectivity index (χ0v) is 9.94. The van der Waals surface area contributed by atoms with Crippen molar-refractivity contribution in [3.8, 4) is 28.6 Å². The van der Waals surface area contributed by atoms with Crippen molar-refractivity contribution in [1.29, 1.82) is 0 Å². The lowest BCUT2D eigenvalue weighted by Gasteiger charge is -2.10. The first-order chi connectivity index (χ1) is 8.15.